The molecule has 1 aromatic carbocycles. The molecule has 20 heavy (non-hydrogen) atoms. The predicted octanol–water partition coefficient (Wildman–Crippen LogP) is 2.04. The maximum Gasteiger partial charge on any atom is 0.326 e. The van der Waals surface area contributed by atoms with Crippen molar-refractivity contribution in [1.29, 1.82) is 0 Å². The van der Waals surface area contributed by atoms with Gasteiger partial charge in [-0.05, 0) is 18.4 Å². The molecule has 0 saturated carbocycles. The van der Waals surface area contributed by atoms with Gasteiger partial charge in [0.1, 0.15) is 29.1 Å². The molecule has 4 nitrogen and oxygen atoms in total. The predicted molar refractivity (Wildman–Crippen MR) is 68.2 cm³/mol. The van der Waals surface area contributed by atoms with Gasteiger partial charge in [-0.1, -0.05) is 0 Å². The van der Waals surface area contributed by atoms with Crippen LogP contribution in [0.5, 0.6) is 0 Å². The lowest BCUT2D eigenvalue weighted by Crippen LogP contribution is -2.41. The number of benzene rings is 1. The van der Waals surface area contributed by atoms with Crippen LogP contribution in [0.4, 0.5) is 13.2 Å². The van der Waals surface area contributed by atoms with Crippen LogP contribution in [-0.2, 0) is 4.79 Å². The van der Waals surface area contributed by atoms with Crippen LogP contribution in [0.2, 0.25) is 0 Å². The monoisotopic (exact) mass is 307 g/mol. The molecule has 0 saturated heterocycles. The Labute approximate surface area is 117 Å². The molecule has 0 aliphatic carbocycles. The summed E-state index contributed by atoms with van der Waals surface area (Å²) in [5, 5.41) is 10.9. The van der Waals surface area contributed by atoms with E-state index in [-0.39, 0.29) is 6.42 Å². The topological polar surface area (TPSA) is 66.4 Å². The third-order valence-corrected chi connectivity index (χ3v) is 3.09. The van der Waals surface area contributed by atoms with Gasteiger partial charge in [0.15, 0.2) is 0 Å². The SMILES string of the molecule is CSCCC(NC(=O)c1c(F)cc(F)cc1F)C(=O)O. The molecule has 0 spiro atoms. The average molecular weight is 307 g/mol. The summed E-state index contributed by atoms with van der Waals surface area (Å²) in [7, 11) is 0. The van der Waals surface area contributed by atoms with Crippen molar-refractivity contribution in [2.45, 2.75) is 12.5 Å². The number of halogens is 3. The number of hydrogen-bond donors (Lipinski definition) is 2. The van der Waals surface area contributed by atoms with Crippen molar-refractivity contribution in [3.8, 4) is 0 Å². The minimum absolute atomic E-state index is 0.104. The Morgan fingerprint density at radius 1 is 1.30 bits per heavy atom. The first-order valence-corrected chi connectivity index (χ1v) is 6.93. The van der Waals surface area contributed by atoms with Crippen molar-refractivity contribution in [2.75, 3.05) is 12.0 Å². The maximum absolute atomic E-state index is 13.4. The van der Waals surface area contributed by atoms with E-state index in [1.807, 2.05) is 5.32 Å². The Balaban J connectivity index is 2.92. The summed E-state index contributed by atoms with van der Waals surface area (Å²) in [6, 6.07) is -0.551. The molecule has 2 N–H and O–H groups in total. The molecule has 1 atom stereocenters. The van der Waals surface area contributed by atoms with Gasteiger partial charge in [0, 0.05) is 12.1 Å². The molecule has 0 aromatic heterocycles. The molecule has 1 rings (SSSR count). The minimum atomic E-state index is -1.38. The van der Waals surface area contributed by atoms with Crippen LogP contribution in [0.3, 0.4) is 0 Å². The highest BCUT2D eigenvalue weighted by atomic mass is 32.2. The highest BCUT2D eigenvalue weighted by Crippen LogP contribution is 2.15. The van der Waals surface area contributed by atoms with E-state index in [1.54, 1.807) is 6.26 Å². The van der Waals surface area contributed by atoms with Crippen LogP contribution in [0, 0.1) is 17.5 Å². The van der Waals surface area contributed by atoms with Crippen molar-refractivity contribution in [1.82, 2.24) is 5.32 Å². The molecule has 0 bridgehead atoms. The Hall–Kier alpha value is -1.70. The van der Waals surface area contributed by atoms with Crippen molar-refractivity contribution in [2.24, 2.45) is 0 Å². The Bertz CT molecular complexity index is 502. The first kappa shape index (κ1) is 16.4. The van der Waals surface area contributed by atoms with E-state index in [2.05, 4.69) is 0 Å². The number of thioether (sulfide) groups is 1. The van der Waals surface area contributed by atoms with Crippen molar-refractivity contribution < 1.29 is 27.9 Å². The van der Waals surface area contributed by atoms with Gasteiger partial charge >= 0.3 is 5.97 Å². The summed E-state index contributed by atoms with van der Waals surface area (Å²) in [6.07, 6.45) is 1.85. The zero-order valence-corrected chi connectivity index (χ0v) is 11.3. The van der Waals surface area contributed by atoms with E-state index >= 15 is 0 Å². The largest absolute Gasteiger partial charge is 0.480 e. The Kier molecular flexibility index (Phi) is 5.87. The molecule has 0 aliphatic rings. The molecule has 1 aromatic rings. The number of carbonyl (C=O) groups excluding carboxylic acids is 1. The van der Waals surface area contributed by atoms with Crippen LogP contribution >= 0.6 is 11.8 Å². The summed E-state index contributed by atoms with van der Waals surface area (Å²) < 4.78 is 39.5. The average Bonchev–Trinajstić information content (AvgIpc) is 2.32. The van der Waals surface area contributed by atoms with Gasteiger partial charge in [-0.15, -0.1) is 0 Å². The number of hydrogen-bond acceptors (Lipinski definition) is 3. The normalized spacial score (nSPS) is 12.0. The van der Waals surface area contributed by atoms with Gasteiger partial charge in [0.2, 0.25) is 0 Å². The molecule has 0 aliphatic heterocycles. The lowest BCUT2D eigenvalue weighted by atomic mass is 10.1. The number of carbonyl (C=O) groups is 2. The summed E-state index contributed by atoms with van der Waals surface area (Å²) in [4.78, 5) is 22.6. The highest BCUT2D eigenvalue weighted by Gasteiger charge is 2.24. The highest BCUT2D eigenvalue weighted by molar-refractivity contribution is 7.98. The second-order valence-electron chi connectivity index (χ2n) is 3.89. The number of aliphatic carboxylic acids is 1. The molecule has 1 unspecified atom stereocenters. The number of rotatable bonds is 6. The van der Waals surface area contributed by atoms with Crippen LogP contribution in [0.15, 0.2) is 12.1 Å². The van der Waals surface area contributed by atoms with Gasteiger partial charge < -0.3 is 10.4 Å². The third kappa shape index (κ3) is 4.16. The molecule has 110 valence electrons. The number of carboxylic acid groups (broad SMARTS) is 1. The van der Waals surface area contributed by atoms with E-state index in [0.717, 1.165) is 0 Å². The summed E-state index contributed by atoms with van der Waals surface area (Å²) >= 11 is 1.37. The third-order valence-electron chi connectivity index (χ3n) is 2.45. The quantitative estimate of drug-likeness (QED) is 0.844. The van der Waals surface area contributed by atoms with Crippen LogP contribution in [-0.4, -0.2) is 35.0 Å². The van der Waals surface area contributed by atoms with Crippen LogP contribution in [0.1, 0.15) is 16.8 Å². The van der Waals surface area contributed by atoms with Gasteiger partial charge in [0.05, 0.1) is 0 Å². The number of amides is 1. The van der Waals surface area contributed by atoms with Gasteiger partial charge in [-0.25, -0.2) is 18.0 Å². The first-order chi connectivity index (χ1) is 9.36. The summed E-state index contributed by atoms with van der Waals surface area (Å²) in [5.41, 5.74) is -0.998. The molecular weight excluding hydrogens is 295 g/mol. The van der Waals surface area contributed by atoms with E-state index in [9.17, 15) is 22.8 Å². The fraction of sp³-hybridized carbons (Fsp3) is 0.333. The first-order valence-electron chi connectivity index (χ1n) is 5.54. The lowest BCUT2D eigenvalue weighted by molar-refractivity contribution is -0.139. The molecule has 8 heteroatoms. The summed E-state index contributed by atoms with van der Waals surface area (Å²) in [5.74, 6) is -6.01. The van der Waals surface area contributed by atoms with Crippen LogP contribution in [0.25, 0.3) is 0 Å². The fourth-order valence-electron chi connectivity index (χ4n) is 1.48. The molecular formula is C12H12F3NO3S. The zero-order chi connectivity index (χ0) is 15.3. The lowest BCUT2D eigenvalue weighted by Gasteiger charge is -2.14. The Morgan fingerprint density at radius 3 is 2.30 bits per heavy atom. The second kappa shape index (κ2) is 7.18. The second-order valence-corrected chi connectivity index (χ2v) is 4.88. The van der Waals surface area contributed by atoms with Crippen molar-refractivity contribution in [3.63, 3.8) is 0 Å². The van der Waals surface area contributed by atoms with E-state index in [1.165, 1.54) is 11.8 Å². The van der Waals surface area contributed by atoms with Crippen molar-refractivity contribution >= 4 is 23.6 Å². The smallest absolute Gasteiger partial charge is 0.326 e. The number of nitrogens with one attached hydrogen (secondary N) is 1. The summed E-state index contributed by atoms with van der Waals surface area (Å²) in [6.45, 7) is 0. The van der Waals surface area contributed by atoms with E-state index < -0.39 is 40.9 Å². The zero-order valence-electron chi connectivity index (χ0n) is 10.5. The number of carboxylic acids is 1. The molecule has 0 fully saturated rings. The fourth-order valence-corrected chi connectivity index (χ4v) is 1.95. The molecule has 0 radical (unpaired) electrons. The Morgan fingerprint density at radius 2 is 1.85 bits per heavy atom. The maximum atomic E-state index is 13.4. The standard InChI is InChI=1S/C12H12F3NO3S/c1-20-3-2-9(12(18)19)16-11(17)10-7(14)4-6(13)5-8(10)15/h4-5,9H,2-3H2,1H3,(H,16,17)(H,18,19). The van der Waals surface area contributed by atoms with Gasteiger partial charge in [-0.2, -0.15) is 11.8 Å². The van der Waals surface area contributed by atoms with E-state index in [0.29, 0.717) is 17.9 Å². The van der Waals surface area contributed by atoms with Gasteiger partial charge in [-0.3, -0.25) is 4.79 Å². The minimum Gasteiger partial charge on any atom is -0.480 e. The molecule has 0 heterocycles. The van der Waals surface area contributed by atoms with Gasteiger partial charge in [0.25, 0.3) is 5.91 Å². The van der Waals surface area contributed by atoms with Crippen LogP contribution < -0.4 is 5.32 Å². The molecule has 1 amide bonds. The van der Waals surface area contributed by atoms with Crippen molar-refractivity contribution in [3.05, 3.63) is 35.1 Å². The van der Waals surface area contributed by atoms with E-state index in [4.69, 9.17) is 5.11 Å².